The molecule has 0 atom stereocenters. The van der Waals surface area contributed by atoms with Crippen molar-refractivity contribution in [3.63, 3.8) is 0 Å². The van der Waals surface area contributed by atoms with Gasteiger partial charge < -0.3 is 9.73 Å². The molecule has 1 N–H and O–H groups in total. The van der Waals surface area contributed by atoms with Gasteiger partial charge in [0, 0.05) is 13.6 Å². The number of carbonyl (C=O) groups is 1. The van der Waals surface area contributed by atoms with Crippen LogP contribution in [0, 0.1) is 0 Å². The van der Waals surface area contributed by atoms with E-state index in [1.165, 1.54) is 11.8 Å². The third-order valence-corrected chi connectivity index (χ3v) is 3.35. The summed E-state index contributed by atoms with van der Waals surface area (Å²) in [6.07, 6.45) is 1.60. The molecule has 2 aromatic heterocycles. The van der Waals surface area contributed by atoms with Crippen LogP contribution in [0.2, 0.25) is 0 Å². The highest BCUT2D eigenvalue weighted by Gasteiger charge is 2.15. The van der Waals surface area contributed by atoms with Crippen LogP contribution in [0.1, 0.15) is 6.92 Å². The zero-order valence-corrected chi connectivity index (χ0v) is 11.0. The third-order valence-electron chi connectivity index (χ3n) is 2.39. The van der Waals surface area contributed by atoms with Gasteiger partial charge in [0.1, 0.15) is 0 Å². The van der Waals surface area contributed by atoms with E-state index in [-0.39, 0.29) is 5.91 Å². The van der Waals surface area contributed by atoms with Gasteiger partial charge in [-0.2, -0.15) is 0 Å². The maximum Gasteiger partial charge on any atom is 0.230 e. The number of thioether (sulfide) groups is 1. The summed E-state index contributed by atoms with van der Waals surface area (Å²) < 4.78 is 7.23. The van der Waals surface area contributed by atoms with Gasteiger partial charge in [-0.1, -0.05) is 11.8 Å². The maximum absolute atomic E-state index is 11.2. The lowest BCUT2D eigenvalue weighted by Gasteiger charge is -2.05. The van der Waals surface area contributed by atoms with Crippen LogP contribution in [0.15, 0.2) is 28.0 Å². The summed E-state index contributed by atoms with van der Waals surface area (Å²) in [5, 5.41) is 11.5. The molecular weight excluding hydrogens is 252 g/mol. The summed E-state index contributed by atoms with van der Waals surface area (Å²) in [7, 11) is 1.61. The standard InChI is InChI=1S/C11H14N4O2S/c1-3-15-10(8-5-4-6-17-8)13-14-11(15)18-7-9(16)12-2/h4-6H,3,7H2,1-2H3,(H,12,16). The topological polar surface area (TPSA) is 73.0 Å². The zero-order valence-electron chi connectivity index (χ0n) is 10.2. The Hall–Kier alpha value is -1.76. The Bertz CT molecular complexity index is 521. The summed E-state index contributed by atoms with van der Waals surface area (Å²) >= 11 is 1.36. The summed E-state index contributed by atoms with van der Waals surface area (Å²) in [5.41, 5.74) is 0. The number of furan rings is 1. The fourth-order valence-corrected chi connectivity index (χ4v) is 2.35. The molecule has 7 heteroatoms. The van der Waals surface area contributed by atoms with E-state index in [0.29, 0.717) is 22.5 Å². The van der Waals surface area contributed by atoms with Gasteiger partial charge in [0.05, 0.1) is 12.0 Å². The predicted molar refractivity (Wildman–Crippen MR) is 68.2 cm³/mol. The van der Waals surface area contributed by atoms with Gasteiger partial charge in [-0.25, -0.2) is 0 Å². The number of amides is 1. The number of nitrogens with one attached hydrogen (secondary N) is 1. The van der Waals surface area contributed by atoms with Crippen molar-refractivity contribution in [2.45, 2.75) is 18.6 Å². The van der Waals surface area contributed by atoms with Gasteiger partial charge >= 0.3 is 0 Å². The van der Waals surface area contributed by atoms with Crippen LogP contribution in [0.25, 0.3) is 11.6 Å². The molecule has 0 radical (unpaired) electrons. The first-order valence-corrected chi connectivity index (χ1v) is 6.55. The van der Waals surface area contributed by atoms with E-state index in [1.54, 1.807) is 19.4 Å². The minimum atomic E-state index is -0.0369. The molecule has 0 saturated carbocycles. The van der Waals surface area contributed by atoms with Crippen LogP contribution in [-0.4, -0.2) is 33.5 Å². The van der Waals surface area contributed by atoms with Crippen molar-refractivity contribution >= 4 is 17.7 Å². The van der Waals surface area contributed by atoms with Crippen molar-refractivity contribution in [1.29, 1.82) is 0 Å². The molecule has 0 saturated heterocycles. The molecule has 2 aromatic rings. The number of carbonyl (C=O) groups excluding carboxylic acids is 1. The molecular formula is C11H14N4O2S. The van der Waals surface area contributed by atoms with E-state index >= 15 is 0 Å². The number of hydrogen-bond donors (Lipinski definition) is 1. The first kappa shape index (κ1) is 12.7. The van der Waals surface area contributed by atoms with Gasteiger partial charge in [0.25, 0.3) is 0 Å². The Morgan fingerprint density at radius 1 is 1.56 bits per heavy atom. The molecule has 1 amide bonds. The van der Waals surface area contributed by atoms with Crippen molar-refractivity contribution in [2.24, 2.45) is 0 Å². The summed E-state index contributed by atoms with van der Waals surface area (Å²) in [4.78, 5) is 11.2. The van der Waals surface area contributed by atoms with Gasteiger partial charge in [-0.3, -0.25) is 9.36 Å². The fourth-order valence-electron chi connectivity index (χ4n) is 1.47. The van der Waals surface area contributed by atoms with Gasteiger partial charge in [-0.15, -0.1) is 10.2 Å². The lowest BCUT2D eigenvalue weighted by Crippen LogP contribution is -2.20. The Morgan fingerprint density at radius 2 is 2.39 bits per heavy atom. The number of aromatic nitrogens is 3. The van der Waals surface area contributed by atoms with Crippen molar-refractivity contribution in [3.05, 3.63) is 18.4 Å². The number of nitrogens with zero attached hydrogens (tertiary/aromatic N) is 3. The van der Waals surface area contributed by atoms with Crippen LogP contribution in [0.3, 0.4) is 0 Å². The molecule has 0 aliphatic carbocycles. The molecule has 0 fully saturated rings. The average molecular weight is 266 g/mol. The van der Waals surface area contributed by atoms with E-state index in [9.17, 15) is 4.79 Å². The lowest BCUT2D eigenvalue weighted by molar-refractivity contribution is -0.118. The largest absolute Gasteiger partial charge is 0.461 e. The van der Waals surface area contributed by atoms with Crippen molar-refractivity contribution in [1.82, 2.24) is 20.1 Å². The van der Waals surface area contributed by atoms with Gasteiger partial charge in [0.2, 0.25) is 5.91 Å². The highest BCUT2D eigenvalue weighted by Crippen LogP contribution is 2.23. The highest BCUT2D eigenvalue weighted by atomic mass is 32.2. The molecule has 96 valence electrons. The minimum Gasteiger partial charge on any atom is -0.461 e. The molecule has 6 nitrogen and oxygen atoms in total. The van der Waals surface area contributed by atoms with Gasteiger partial charge in [0.15, 0.2) is 16.7 Å². The Kier molecular flexibility index (Phi) is 4.03. The molecule has 0 aliphatic rings. The number of hydrogen-bond acceptors (Lipinski definition) is 5. The second-order valence-electron chi connectivity index (χ2n) is 3.49. The minimum absolute atomic E-state index is 0.0369. The normalized spacial score (nSPS) is 10.6. The Balaban J connectivity index is 2.20. The fraction of sp³-hybridized carbons (Fsp3) is 0.364. The highest BCUT2D eigenvalue weighted by molar-refractivity contribution is 7.99. The molecule has 0 spiro atoms. The second-order valence-corrected chi connectivity index (χ2v) is 4.43. The second kappa shape index (κ2) is 5.72. The van der Waals surface area contributed by atoms with Gasteiger partial charge in [-0.05, 0) is 19.1 Å². The zero-order chi connectivity index (χ0) is 13.0. The first-order valence-electron chi connectivity index (χ1n) is 5.56. The smallest absolute Gasteiger partial charge is 0.230 e. The van der Waals surface area contributed by atoms with Crippen LogP contribution in [0.4, 0.5) is 0 Å². The molecule has 18 heavy (non-hydrogen) atoms. The Labute approximate surface area is 109 Å². The molecule has 0 aromatic carbocycles. The summed E-state index contributed by atoms with van der Waals surface area (Å²) in [6, 6.07) is 3.64. The van der Waals surface area contributed by atoms with Crippen molar-refractivity contribution in [2.75, 3.05) is 12.8 Å². The quantitative estimate of drug-likeness (QED) is 0.828. The third kappa shape index (κ3) is 2.56. The molecule has 0 bridgehead atoms. The van der Waals surface area contributed by atoms with Crippen LogP contribution in [0.5, 0.6) is 0 Å². The predicted octanol–water partition coefficient (Wildman–Crippen LogP) is 1.40. The molecule has 0 aliphatic heterocycles. The summed E-state index contributed by atoms with van der Waals surface area (Å²) in [6.45, 7) is 2.72. The Morgan fingerprint density at radius 3 is 3.00 bits per heavy atom. The van der Waals surface area contributed by atoms with Crippen molar-refractivity contribution in [3.8, 4) is 11.6 Å². The average Bonchev–Trinajstić information content (AvgIpc) is 3.03. The van der Waals surface area contributed by atoms with Crippen LogP contribution in [-0.2, 0) is 11.3 Å². The van der Waals surface area contributed by atoms with Crippen LogP contribution < -0.4 is 5.32 Å². The van der Waals surface area contributed by atoms with E-state index in [4.69, 9.17) is 4.42 Å². The van der Waals surface area contributed by atoms with E-state index in [0.717, 1.165) is 6.54 Å². The van der Waals surface area contributed by atoms with Crippen molar-refractivity contribution < 1.29 is 9.21 Å². The summed E-state index contributed by atoms with van der Waals surface area (Å²) in [5.74, 6) is 1.65. The molecule has 2 rings (SSSR count). The SMILES string of the molecule is CCn1c(SCC(=O)NC)nnc1-c1ccco1. The lowest BCUT2D eigenvalue weighted by atomic mass is 10.4. The molecule has 0 unspecified atom stereocenters. The molecule has 2 heterocycles. The first-order chi connectivity index (χ1) is 8.76. The maximum atomic E-state index is 11.2. The van der Waals surface area contributed by atoms with E-state index < -0.39 is 0 Å². The van der Waals surface area contributed by atoms with Crippen LogP contribution >= 0.6 is 11.8 Å². The van der Waals surface area contributed by atoms with E-state index in [2.05, 4.69) is 15.5 Å². The van der Waals surface area contributed by atoms with E-state index in [1.807, 2.05) is 17.6 Å². The monoisotopic (exact) mass is 266 g/mol. The number of rotatable bonds is 5.